The van der Waals surface area contributed by atoms with Crippen molar-refractivity contribution in [1.82, 2.24) is 5.43 Å². The maximum absolute atomic E-state index is 11.8. The summed E-state index contributed by atoms with van der Waals surface area (Å²) in [4.78, 5) is 11.8. The SMILES string of the molecule is COc1ccc(/C=N\NC(=O)C[C@@H]2CCS(=O)(=O)C2)cc1OC. The zero-order chi connectivity index (χ0) is 16.9. The van der Waals surface area contributed by atoms with Crippen LogP contribution in [0.5, 0.6) is 11.5 Å². The van der Waals surface area contributed by atoms with Crippen LogP contribution in [-0.4, -0.2) is 46.3 Å². The molecule has 1 aliphatic rings. The van der Waals surface area contributed by atoms with Gasteiger partial charge in [-0.15, -0.1) is 0 Å². The number of hydrazone groups is 1. The van der Waals surface area contributed by atoms with Crippen molar-refractivity contribution in [3.8, 4) is 11.5 Å². The molecule has 1 aromatic rings. The van der Waals surface area contributed by atoms with Gasteiger partial charge in [0.05, 0.1) is 31.9 Å². The van der Waals surface area contributed by atoms with Gasteiger partial charge in [0.15, 0.2) is 21.3 Å². The minimum absolute atomic E-state index is 0.0831. The predicted molar refractivity (Wildman–Crippen MR) is 86.7 cm³/mol. The molecule has 0 aliphatic carbocycles. The lowest BCUT2D eigenvalue weighted by Crippen LogP contribution is -2.21. The summed E-state index contributed by atoms with van der Waals surface area (Å²) >= 11 is 0. The number of benzene rings is 1. The smallest absolute Gasteiger partial charge is 0.240 e. The van der Waals surface area contributed by atoms with E-state index in [4.69, 9.17) is 9.47 Å². The third-order valence-corrected chi connectivity index (χ3v) is 5.45. The van der Waals surface area contributed by atoms with E-state index < -0.39 is 9.84 Å². The van der Waals surface area contributed by atoms with Gasteiger partial charge in [-0.25, -0.2) is 13.8 Å². The number of hydrogen-bond donors (Lipinski definition) is 1. The number of carbonyl (C=O) groups is 1. The summed E-state index contributed by atoms with van der Waals surface area (Å²) in [7, 11) is 0.125. The number of methoxy groups -OCH3 is 2. The summed E-state index contributed by atoms with van der Waals surface area (Å²) in [6.45, 7) is 0. The highest BCUT2D eigenvalue weighted by Gasteiger charge is 2.29. The van der Waals surface area contributed by atoms with Crippen LogP contribution < -0.4 is 14.9 Å². The highest BCUT2D eigenvalue weighted by atomic mass is 32.2. The Hall–Kier alpha value is -2.09. The lowest BCUT2D eigenvalue weighted by atomic mass is 10.1. The number of carbonyl (C=O) groups excluding carboxylic acids is 1. The van der Waals surface area contributed by atoms with Gasteiger partial charge >= 0.3 is 0 Å². The fraction of sp³-hybridized carbons (Fsp3) is 0.467. The number of nitrogens with one attached hydrogen (secondary N) is 1. The van der Waals surface area contributed by atoms with Gasteiger partial charge in [0.2, 0.25) is 5.91 Å². The second-order valence-corrected chi connectivity index (χ2v) is 7.61. The number of ether oxygens (including phenoxy) is 2. The number of sulfone groups is 1. The van der Waals surface area contributed by atoms with E-state index >= 15 is 0 Å². The van der Waals surface area contributed by atoms with Crippen LogP contribution in [0.1, 0.15) is 18.4 Å². The first-order valence-electron chi connectivity index (χ1n) is 7.18. The summed E-state index contributed by atoms with van der Waals surface area (Å²) in [6, 6.07) is 5.25. The van der Waals surface area contributed by atoms with Gasteiger partial charge < -0.3 is 9.47 Å². The minimum Gasteiger partial charge on any atom is -0.493 e. The van der Waals surface area contributed by atoms with Crippen LogP contribution in [0.4, 0.5) is 0 Å². The molecule has 2 rings (SSSR count). The molecule has 1 amide bonds. The number of hydrogen-bond acceptors (Lipinski definition) is 6. The van der Waals surface area contributed by atoms with E-state index in [1.54, 1.807) is 25.3 Å². The van der Waals surface area contributed by atoms with Gasteiger partial charge in [-0.2, -0.15) is 5.10 Å². The normalized spacial score (nSPS) is 19.7. The van der Waals surface area contributed by atoms with Crippen LogP contribution in [0.2, 0.25) is 0 Å². The van der Waals surface area contributed by atoms with Crippen LogP contribution in [0.25, 0.3) is 0 Å². The Bertz CT molecular complexity index is 700. The first-order chi connectivity index (χ1) is 10.9. The fourth-order valence-electron chi connectivity index (χ4n) is 2.45. The van der Waals surface area contributed by atoms with Crippen molar-refractivity contribution in [2.75, 3.05) is 25.7 Å². The van der Waals surface area contributed by atoms with E-state index in [0.29, 0.717) is 17.9 Å². The molecule has 1 aromatic carbocycles. The highest BCUT2D eigenvalue weighted by Crippen LogP contribution is 2.26. The summed E-state index contributed by atoms with van der Waals surface area (Å²) in [6.07, 6.45) is 2.20. The molecule has 0 bridgehead atoms. The molecule has 1 atom stereocenters. The van der Waals surface area contributed by atoms with E-state index in [9.17, 15) is 13.2 Å². The summed E-state index contributed by atoms with van der Waals surface area (Å²) in [5, 5.41) is 3.88. The summed E-state index contributed by atoms with van der Waals surface area (Å²) in [5.74, 6) is 1.02. The Labute approximate surface area is 135 Å². The zero-order valence-corrected chi connectivity index (χ0v) is 13.9. The van der Waals surface area contributed by atoms with Crippen molar-refractivity contribution >= 4 is 22.0 Å². The minimum atomic E-state index is -2.96. The predicted octanol–water partition coefficient (Wildman–Crippen LogP) is 0.979. The third-order valence-electron chi connectivity index (χ3n) is 3.61. The van der Waals surface area contributed by atoms with E-state index in [-0.39, 0.29) is 29.8 Å². The van der Waals surface area contributed by atoms with Crippen LogP contribution in [0.3, 0.4) is 0 Å². The van der Waals surface area contributed by atoms with Crippen molar-refractivity contribution in [3.05, 3.63) is 23.8 Å². The van der Waals surface area contributed by atoms with Crippen molar-refractivity contribution in [2.24, 2.45) is 11.0 Å². The summed E-state index contributed by atoms with van der Waals surface area (Å²) in [5.41, 5.74) is 3.16. The van der Waals surface area contributed by atoms with Crippen LogP contribution in [0, 0.1) is 5.92 Å². The second kappa shape index (κ2) is 7.45. The lowest BCUT2D eigenvalue weighted by Gasteiger charge is -2.07. The third kappa shape index (κ3) is 4.95. The van der Waals surface area contributed by atoms with Gasteiger partial charge in [-0.3, -0.25) is 4.79 Å². The molecule has 23 heavy (non-hydrogen) atoms. The average molecular weight is 340 g/mol. The van der Waals surface area contributed by atoms with Gasteiger partial charge in [-0.05, 0) is 36.1 Å². The van der Waals surface area contributed by atoms with Gasteiger partial charge in [-0.1, -0.05) is 0 Å². The quantitative estimate of drug-likeness (QED) is 0.615. The molecule has 1 fully saturated rings. The number of nitrogens with zero attached hydrogens (tertiary/aromatic N) is 1. The number of rotatable bonds is 6. The van der Waals surface area contributed by atoms with E-state index in [2.05, 4.69) is 10.5 Å². The molecule has 126 valence electrons. The van der Waals surface area contributed by atoms with Crippen molar-refractivity contribution in [3.63, 3.8) is 0 Å². The standard InChI is InChI=1S/C15H20N2O5S/c1-21-13-4-3-11(7-14(13)22-2)9-16-17-15(18)8-12-5-6-23(19,20)10-12/h3-4,7,9,12H,5-6,8,10H2,1-2H3,(H,17,18)/b16-9-/t12-/m0/s1. The molecule has 0 spiro atoms. The highest BCUT2D eigenvalue weighted by molar-refractivity contribution is 7.91. The molecule has 1 saturated heterocycles. The molecule has 1 aliphatic heterocycles. The molecular formula is C15H20N2O5S. The largest absolute Gasteiger partial charge is 0.493 e. The molecule has 7 nitrogen and oxygen atoms in total. The summed E-state index contributed by atoms with van der Waals surface area (Å²) < 4.78 is 33.0. The molecular weight excluding hydrogens is 320 g/mol. The zero-order valence-electron chi connectivity index (χ0n) is 13.1. The molecule has 0 aromatic heterocycles. The molecule has 0 unspecified atom stereocenters. The van der Waals surface area contributed by atoms with Crippen molar-refractivity contribution < 1.29 is 22.7 Å². The fourth-order valence-corrected chi connectivity index (χ4v) is 4.31. The lowest BCUT2D eigenvalue weighted by molar-refractivity contribution is -0.121. The Balaban J connectivity index is 1.87. The van der Waals surface area contributed by atoms with E-state index in [1.807, 2.05) is 0 Å². The Morgan fingerprint density at radius 3 is 2.70 bits per heavy atom. The molecule has 8 heteroatoms. The number of amides is 1. The Morgan fingerprint density at radius 2 is 2.09 bits per heavy atom. The van der Waals surface area contributed by atoms with Crippen molar-refractivity contribution in [2.45, 2.75) is 12.8 Å². The van der Waals surface area contributed by atoms with Gasteiger partial charge in [0.1, 0.15) is 0 Å². The van der Waals surface area contributed by atoms with Crippen LogP contribution in [0.15, 0.2) is 23.3 Å². The molecule has 1 N–H and O–H groups in total. The van der Waals surface area contributed by atoms with E-state index in [0.717, 1.165) is 5.56 Å². The maximum atomic E-state index is 11.8. The van der Waals surface area contributed by atoms with Crippen molar-refractivity contribution in [1.29, 1.82) is 0 Å². The topological polar surface area (TPSA) is 94.1 Å². The van der Waals surface area contributed by atoms with Gasteiger partial charge in [0.25, 0.3) is 0 Å². The Kier molecular flexibility index (Phi) is 5.59. The van der Waals surface area contributed by atoms with Crippen LogP contribution in [-0.2, 0) is 14.6 Å². The first kappa shape index (κ1) is 17.3. The second-order valence-electron chi connectivity index (χ2n) is 5.38. The molecule has 0 radical (unpaired) electrons. The average Bonchev–Trinajstić information content (AvgIpc) is 2.85. The maximum Gasteiger partial charge on any atom is 0.240 e. The monoisotopic (exact) mass is 340 g/mol. The van der Waals surface area contributed by atoms with E-state index in [1.165, 1.54) is 13.3 Å². The van der Waals surface area contributed by atoms with Crippen LogP contribution >= 0.6 is 0 Å². The molecule has 1 heterocycles. The molecule has 0 saturated carbocycles. The van der Waals surface area contributed by atoms with Gasteiger partial charge in [0, 0.05) is 6.42 Å². The first-order valence-corrected chi connectivity index (χ1v) is 9.00. The Morgan fingerprint density at radius 1 is 1.35 bits per heavy atom.